The fraction of sp³-hybridized carbons (Fsp3) is 0.500. The van der Waals surface area contributed by atoms with Gasteiger partial charge in [-0.1, -0.05) is 0 Å². The van der Waals surface area contributed by atoms with E-state index in [1.165, 1.54) is 0 Å². The van der Waals surface area contributed by atoms with Gasteiger partial charge >= 0.3 is 0 Å². The van der Waals surface area contributed by atoms with Crippen LogP contribution in [0.4, 0.5) is 5.69 Å². The highest BCUT2D eigenvalue weighted by Crippen LogP contribution is 2.26. The largest absolute Gasteiger partial charge is 0.377 e. The summed E-state index contributed by atoms with van der Waals surface area (Å²) >= 11 is 0. The quantitative estimate of drug-likeness (QED) is 0.656. The summed E-state index contributed by atoms with van der Waals surface area (Å²) in [6.07, 6.45) is 5.43. The van der Waals surface area contributed by atoms with E-state index >= 15 is 0 Å². The van der Waals surface area contributed by atoms with Gasteiger partial charge < -0.3 is 4.90 Å². The molecule has 0 fully saturated rings. The van der Waals surface area contributed by atoms with Crippen molar-refractivity contribution in [3.05, 3.63) is 23.5 Å². The lowest BCUT2D eigenvalue weighted by Crippen LogP contribution is -2.14. The van der Waals surface area contributed by atoms with Crippen LogP contribution in [0.2, 0.25) is 0 Å². The molecule has 0 saturated carbocycles. The van der Waals surface area contributed by atoms with E-state index in [2.05, 4.69) is 9.88 Å². The molecular weight excluding hydrogens is 188 g/mol. The molecule has 2 rings (SSSR count). The number of carbonyl (C=O) groups excluding carboxylic acids is 1. The molecule has 0 unspecified atom stereocenters. The fourth-order valence-corrected chi connectivity index (χ4v) is 2.09. The zero-order valence-electron chi connectivity index (χ0n) is 9.29. The highest BCUT2D eigenvalue weighted by molar-refractivity contribution is 5.97. The highest BCUT2D eigenvalue weighted by Gasteiger charge is 2.19. The van der Waals surface area contributed by atoms with Gasteiger partial charge in [0.1, 0.15) is 5.69 Å². The maximum Gasteiger partial charge on any atom is 0.181 e. The van der Waals surface area contributed by atoms with E-state index in [9.17, 15) is 4.79 Å². The van der Waals surface area contributed by atoms with Crippen LogP contribution in [0.1, 0.15) is 35.3 Å². The Morgan fingerprint density at radius 2 is 2.00 bits per heavy atom. The zero-order chi connectivity index (χ0) is 10.8. The second-order valence-corrected chi connectivity index (χ2v) is 4.18. The Morgan fingerprint density at radius 3 is 2.73 bits per heavy atom. The van der Waals surface area contributed by atoms with Crippen molar-refractivity contribution in [2.75, 3.05) is 19.0 Å². The van der Waals surface area contributed by atoms with Gasteiger partial charge in [0, 0.05) is 38.0 Å². The van der Waals surface area contributed by atoms with E-state index in [1.54, 1.807) is 6.20 Å². The second-order valence-electron chi connectivity index (χ2n) is 4.18. The number of pyridine rings is 1. The first-order valence-electron chi connectivity index (χ1n) is 5.38. The Hall–Kier alpha value is -1.38. The molecule has 80 valence electrons. The van der Waals surface area contributed by atoms with Gasteiger partial charge in [-0.15, -0.1) is 0 Å². The van der Waals surface area contributed by atoms with Crippen LogP contribution < -0.4 is 4.90 Å². The van der Waals surface area contributed by atoms with Crippen LogP contribution in [0.25, 0.3) is 0 Å². The number of anilines is 1. The summed E-state index contributed by atoms with van der Waals surface area (Å²) in [6, 6.07) is 1.98. The van der Waals surface area contributed by atoms with E-state index in [-0.39, 0.29) is 5.78 Å². The predicted molar refractivity (Wildman–Crippen MR) is 60.4 cm³/mol. The second kappa shape index (κ2) is 4.01. The average molecular weight is 204 g/mol. The molecule has 3 heteroatoms. The molecule has 1 aliphatic rings. The third kappa shape index (κ3) is 1.87. The van der Waals surface area contributed by atoms with Crippen LogP contribution in [-0.2, 0) is 6.42 Å². The molecule has 0 amide bonds. The first kappa shape index (κ1) is 10.1. The summed E-state index contributed by atoms with van der Waals surface area (Å²) in [4.78, 5) is 18.1. The van der Waals surface area contributed by atoms with Crippen LogP contribution in [0, 0.1) is 0 Å². The zero-order valence-corrected chi connectivity index (χ0v) is 9.29. The predicted octanol–water partition coefficient (Wildman–Crippen LogP) is 2.06. The first-order valence-corrected chi connectivity index (χ1v) is 5.38. The molecule has 15 heavy (non-hydrogen) atoms. The van der Waals surface area contributed by atoms with E-state index in [0.29, 0.717) is 12.1 Å². The van der Waals surface area contributed by atoms with Crippen molar-refractivity contribution in [2.45, 2.75) is 25.7 Å². The minimum absolute atomic E-state index is 0.200. The van der Waals surface area contributed by atoms with Crippen LogP contribution in [0.5, 0.6) is 0 Å². The van der Waals surface area contributed by atoms with Crippen LogP contribution in [-0.4, -0.2) is 24.9 Å². The summed E-state index contributed by atoms with van der Waals surface area (Å²) in [5.74, 6) is 0.200. The minimum Gasteiger partial charge on any atom is -0.377 e. The molecule has 1 heterocycles. The maximum absolute atomic E-state index is 11.8. The number of nitrogens with zero attached hydrogens (tertiary/aromatic N) is 2. The van der Waals surface area contributed by atoms with Crippen LogP contribution in [0.3, 0.4) is 0 Å². The topological polar surface area (TPSA) is 33.2 Å². The van der Waals surface area contributed by atoms with Gasteiger partial charge in [0.25, 0.3) is 0 Å². The smallest absolute Gasteiger partial charge is 0.181 e. The minimum atomic E-state index is 0.200. The normalized spacial score (nSPS) is 15.7. The third-order valence-electron chi connectivity index (χ3n) is 2.86. The Labute approximate surface area is 90.1 Å². The molecule has 0 radical (unpaired) electrons. The van der Waals surface area contributed by atoms with E-state index < -0.39 is 0 Å². The Kier molecular flexibility index (Phi) is 2.71. The van der Waals surface area contributed by atoms with Gasteiger partial charge in [-0.2, -0.15) is 0 Å². The molecule has 3 nitrogen and oxygen atoms in total. The molecule has 0 bridgehead atoms. The number of fused-ring (bicyclic) bond motifs is 1. The Bertz CT molecular complexity index is 385. The molecule has 0 N–H and O–H groups in total. The molecule has 0 atom stereocenters. The molecule has 1 aromatic heterocycles. The number of hydrogen-bond donors (Lipinski definition) is 0. The lowest BCUT2D eigenvalue weighted by molar-refractivity contribution is 0.0977. The molecular formula is C12H16N2O. The van der Waals surface area contributed by atoms with Gasteiger partial charge in [-0.25, -0.2) is 0 Å². The maximum atomic E-state index is 11.8. The molecule has 0 aromatic carbocycles. The van der Waals surface area contributed by atoms with Gasteiger partial charge in [0.05, 0.1) is 0 Å². The third-order valence-corrected chi connectivity index (χ3v) is 2.86. The number of Topliss-reactive ketones (excluding diaryl/α,β-unsaturated/α-hetero) is 1. The van der Waals surface area contributed by atoms with Crippen molar-refractivity contribution in [2.24, 2.45) is 0 Å². The average Bonchev–Trinajstić information content (AvgIpc) is 2.40. The first-order chi connectivity index (χ1) is 7.20. The fourth-order valence-electron chi connectivity index (χ4n) is 2.09. The van der Waals surface area contributed by atoms with Crippen LogP contribution in [0.15, 0.2) is 12.3 Å². The van der Waals surface area contributed by atoms with Gasteiger partial charge in [-0.3, -0.25) is 9.78 Å². The lowest BCUT2D eigenvalue weighted by atomic mass is 10.1. The van der Waals surface area contributed by atoms with Crippen LogP contribution >= 0.6 is 0 Å². The van der Waals surface area contributed by atoms with Gasteiger partial charge in [0.2, 0.25) is 0 Å². The van der Waals surface area contributed by atoms with Gasteiger partial charge in [0.15, 0.2) is 5.78 Å². The molecule has 0 saturated heterocycles. The number of carbonyl (C=O) groups is 1. The molecule has 1 aromatic rings. The van der Waals surface area contributed by atoms with Crippen molar-refractivity contribution in [1.82, 2.24) is 4.98 Å². The van der Waals surface area contributed by atoms with Crippen molar-refractivity contribution < 1.29 is 4.79 Å². The van der Waals surface area contributed by atoms with E-state index in [1.807, 2.05) is 20.2 Å². The lowest BCUT2D eigenvalue weighted by Gasteiger charge is -2.17. The van der Waals surface area contributed by atoms with Crippen molar-refractivity contribution in [3.8, 4) is 0 Å². The molecule has 1 aliphatic carbocycles. The number of aromatic nitrogens is 1. The Balaban J connectivity index is 2.53. The summed E-state index contributed by atoms with van der Waals surface area (Å²) in [6.45, 7) is 0. The number of ketones is 1. The van der Waals surface area contributed by atoms with Crippen molar-refractivity contribution >= 4 is 11.5 Å². The van der Waals surface area contributed by atoms with E-state index in [4.69, 9.17) is 0 Å². The monoisotopic (exact) mass is 204 g/mol. The summed E-state index contributed by atoms with van der Waals surface area (Å²) in [5, 5.41) is 0. The highest BCUT2D eigenvalue weighted by atomic mass is 16.1. The Morgan fingerprint density at radius 1 is 1.27 bits per heavy atom. The molecule has 0 spiro atoms. The van der Waals surface area contributed by atoms with Crippen molar-refractivity contribution in [3.63, 3.8) is 0 Å². The number of rotatable bonds is 1. The summed E-state index contributed by atoms with van der Waals surface area (Å²) in [7, 11) is 4.01. The van der Waals surface area contributed by atoms with Gasteiger partial charge in [-0.05, 0) is 25.3 Å². The summed E-state index contributed by atoms with van der Waals surface area (Å²) in [5.41, 5.74) is 2.96. The standard InChI is InChI=1S/C12H16N2O/c1-14(2)10-7-8-13-12-9(10)5-3-4-6-11(12)15/h7-8H,3-6H2,1-2H3. The van der Waals surface area contributed by atoms with E-state index in [0.717, 1.165) is 30.5 Å². The SMILES string of the molecule is CN(C)c1ccnc2c1CCCCC2=O. The van der Waals surface area contributed by atoms with Crippen molar-refractivity contribution in [1.29, 1.82) is 0 Å². The molecule has 0 aliphatic heterocycles. The number of hydrogen-bond acceptors (Lipinski definition) is 3. The summed E-state index contributed by atoms with van der Waals surface area (Å²) < 4.78 is 0.